The molecule has 3 aromatic heterocycles. The van der Waals surface area contributed by atoms with Crippen molar-refractivity contribution in [3.8, 4) is 22.9 Å². The molecule has 4 rings (SSSR count). The minimum absolute atomic E-state index is 0.0217. The maximum Gasteiger partial charge on any atom is 0.408 e. The van der Waals surface area contributed by atoms with Gasteiger partial charge >= 0.3 is 6.09 Å². The highest BCUT2D eigenvalue weighted by atomic mass is 32.1. The Balaban J connectivity index is 1.78. The third-order valence-corrected chi connectivity index (χ3v) is 7.08. The van der Waals surface area contributed by atoms with Gasteiger partial charge in [-0.3, -0.25) is 9.59 Å². The number of nitrogen functional groups attached to an aromatic ring is 2. The molecule has 0 saturated heterocycles. The fourth-order valence-electron chi connectivity index (χ4n) is 4.21. The number of nitrogens with two attached hydrogens (primary N) is 3. The van der Waals surface area contributed by atoms with Gasteiger partial charge in [0.25, 0.3) is 5.91 Å². The number of alkyl carbamates (subject to hydrolysis) is 1. The van der Waals surface area contributed by atoms with Crippen LogP contribution in [0.2, 0.25) is 0 Å². The quantitative estimate of drug-likeness (QED) is 0.175. The van der Waals surface area contributed by atoms with Gasteiger partial charge in [0.1, 0.15) is 44.6 Å². The van der Waals surface area contributed by atoms with Gasteiger partial charge in [0, 0.05) is 23.6 Å². The lowest BCUT2D eigenvalue weighted by Crippen LogP contribution is -2.47. The minimum atomic E-state index is -1.08. The van der Waals surface area contributed by atoms with Crippen molar-refractivity contribution in [2.75, 3.05) is 23.9 Å². The molecule has 0 spiro atoms. The van der Waals surface area contributed by atoms with Gasteiger partial charge in [-0.05, 0) is 38.5 Å². The van der Waals surface area contributed by atoms with E-state index in [1.807, 2.05) is 6.07 Å². The molecule has 0 aliphatic heterocycles. The Morgan fingerprint density at radius 2 is 1.98 bits per heavy atom. The smallest absolute Gasteiger partial charge is 0.408 e. The van der Waals surface area contributed by atoms with Crippen LogP contribution in [0.15, 0.2) is 30.7 Å². The van der Waals surface area contributed by atoms with E-state index in [4.69, 9.17) is 26.7 Å². The van der Waals surface area contributed by atoms with Crippen LogP contribution in [0.1, 0.15) is 41.7 Å². The maximum atomic E-state index is 13.6. The number of amides is 3. The second-order valence-corrected chi connectivity index (χ2v) is 11.1. The standard InChI is InChI=1S/C27H29N9O5S/c1-27(2,3)41-26(39)35-16(8-13-10-32-11-33-13)24(38)34-15-7-12(5-6-17(15)40-4)18-14(9-28)22(30)36-25-19(18)20(29)21(42-25)23(31)37/h5-7,10-11,16H,8,29H2,1-4H3,(H2,30,36)(H2,31,37)(H,32,33)(H,34,38)(H,35,39). The zero-order valence-corrected chi connectivity index (χ0v) is 24.0. The van der Waals surface area contributed by atoms with E-state index in [-0.39, 0.29) is 39.8 Å². The number of anilines is 3. The van der Waals surface area contributed by atoms with E-state index in [1.165, 1.54) is 13.4 Å². The molecule has 4 aromatic rings. The van der Waals surface area contributed by atoms with Gasteiger partial charge in [0.2, 0.25) is 5.91 Å². The van der Waals surface area contributed by atoms with Crippen molar-refractivity contribution in [1.29, 1.82) is 5.26 Å². The third kappa shape index (κ3) is 6.18. The molecule has 0 aliphatic carbocycles. The van der Waals surface area contributed by atoms with Crippen molar-refractivity contribution < 1.29 is 23.9 Å². The van der Waals surface area contributed by atoms with Crippen molar-refractivity contribution in [2.45, 2.75) is 38.8 Å². The molecular weight excluding hydrogens is 562 g/mol. The number of rotatable bonds is 8. The Morgan fingerprint density at radius 3 is 2.57 bits per heavy atom. The number of carbonyl (C=O) groups is 3. The number of nitriles is 1. The molecule has 0 aliphatic rings. The van der Waals surface area contributed by atoms with Crippen molar-refractivity contribution >= 4 is 56.7 Å². The van der Waals surface area contributed by atoms with Gasteiger partial charge in [0.15, 0.2) is 0 Å². The summed E-state index contributed by atoms with van der Waals surface area (Å²) < 4.78 is 10.8. The van der Waals surface area contributed by atoms with Gasteiger partial charge < -0.3 is 42.3 Å². The first-order valence-corrected chi connectivity index (χ1v) is 13.3. The van der Waals surface area contributed by atoms with E-state index in [1.54, 1.807) is 45.2 Å². The van der Waals surface area contributed by atoms with E-state index in [0.29, 0.717) is 27.0 Å². The highest BCUT2D eigenvalue weighted by molar-refractivity contribution is 7.21. The number of aromatic nitrogens is 3. The monoisotopic (exact) mass is 591 g/mol. The van der Waals surface area contributed by atoms with Crippen molar-refractivity contribution in [1.82, 2.24) is 20.3 Å². The number of benzene rings is 1. The molecule has 0 bridgehead atoms. The van der Waals surface area contributed by atoms with Crippen LogP contribution < -0.4 is 32.6 Å². The topological polar surface area (TPSA) is 237 Å². The van der Waals surface area contributed by atoms with Gasteiger partial charge in [-0.2, -0.15) is 5.26 Å². The van der Waals surface area contributed by atoms with Crippen molar-refractivity contribution in [2.24, 2.45) is 5.73 Å². The molecule has 3 heterocycles. The molecule has 9 N–H and O–H groups in total. The molecule has 0 saturated carbocycles. The van der Waals surface area contributed by atoms with Gasteiger partial charge in [-0.15, -0.1) is 11.3 Å². The molecule has 218 valence electrons. The van der Waals surface area contributed by atoms with E-state index in [9.17, 15) is 19.6 Å². The molecule has 14 nitrogen and oxygen atoms in total. The highest BCUT2D eigenvalue weighted by Crippen LogP contribution is 2.43. The fourth-order valence-corrected chi connectivity index (χ4v) is 5.17. The number of thiophene rings is 1. The van der Waals surface area contributed by atoms with Crippen LogP contribution >= 0.6 is 11.3 Å². The molecule has 3 amide bonds. The number of primary amides is 1. The average Bonchev–Trinajstić information content (AvgIpc) is 3.54. The number of nitrogens with zero attached hydrogens (tertiary/aromatic N) is 3. The Kier molecular flexibility index (Phi) is 8.20. The van der Waals surface area contributed by atoms with Crippen LogP contribution in [0, 0.1) is 11.3 Å². The van der Waals surface area contributed by atoms with E-state index in [0.717, 1.165) is 11.3 Å². The molecule has 1 atom stereocenters. The van der Waals surface area contributed by atoms with Crippen molar-refractivity contribution in [3.63, 3.8) is 0 Å². The second kappa shape index (κ2) is 11.6. The first kappa shape index (κ1) is 29.6. The van der Waals surface area contributed by atoms with E-state index in [2.05, 4.69) is 25.6 Å². The highest BCUT2D eigenvalue weighted by Gasteiger charge is 2.28. The zero-order chi connectivity index (χ0) is 30.8. The number of nitrogens with one attached hydrogen (secondary N) is 3. The number of carbonyl (C=O) groups excluding carboxylic acids is 3. The largest absolute Gasteiger partial charge is 0.495 e. The third-order valence-electron chi connectivity index (χ3n) is 5.96. The minimum Gasteiger partial charge on any atom is -0.495 e. The molecule has 0 radical (unpaired) electrons. The number of methoxy groups -OCH3 is 1. The summed E-state index contributed by atoms with van der Waals surface area (Å²) in [6.07, 6.45) is 2.33. The van der Waals surface area contributed by atoms with Gasteiger partial charge in [-0.1, -0.05) is 6.07 Å². The van der Waals surface area contributed by atoms with E-state index < -0.39 is 29.6 Å². The summed E-state index contributed by atoms with van der Waals surface area (Å²) in [5, 5.41) is 15.6. The summed E-state index contributed by atoms with van der Waals surface area (Å²) >= 11 is 0.957. The molecular formula is C27H29N9O5S. The maximum absolute atomic E-state index is 13.6. The predicted octanol–water partition coefficient (Wildman–Crippen LogP) is 2.90. The molecule has 42 heavy (non-hydrogen) atoms. The van der Waals surface area contributed by atoms with Crippen LogP contribution in [0.4, 0.5) is 22.0 Å². The Bertz CT molecular complexity index is 1720. The lowest BCUT2D eigenvalue weighted by atomic mass is 9.96. The number of hydrogen-bond donors (Lipinski definition) is 6. The predicted molar refractivity (Wildman–Crippen MR) is 158 cm³/mol. The van der Waals surface area contributed by atoms with Crippen LogP contribution in [-0.4, -0.2) is 51.6 Å². The summed E-state index contributed by atoms with van der Waals surface area (Å²) in [5.74, 6) is -1.12. The first-order valence-electron chi connectivity index (χ1n) is 12.5. The first-order chi connectivity index (χ1) is 19.8. The van der Waals surface area contributed by atoms with Crippen LogP contribution in [0.3, 0.4) is 0 Å². The van der Waals surface area contributed by atoms with Crippen molar-refractivity contribution in [3.05, 3.63) is 46.9 Å². The van der Waals surface area contributed by atoms with Gasteiger partial charge in [0.05, 0.1) is 30.5 Å². The molecule has 15 heteroatoms. The lowest BCUT2D eigenvalue weighted by Gasteiger charge is -2.23. The number of H-pyrrole nitrogens is 1. The summed E-state index contributed by atoms with van der Waals surface area (Å²) in [6.45, 7) is 5.12. The lowest BCUT2D eigenvalue weighted by molar-refractivity contribution is -0.118. The number of pyridine rings is 1. The van der Waals surface area contributed by atoms with Crippen LogP contribution in [0.25, 0.3) is 21.3 Å². The van der Waals surface area contributed by atoms with Crippen LogP contribution in [-0.2, 0) is 16.0 Å². The number of aromatic amines is 1. The number of hydrogen-bond acceptors (Lipinski definition) is 11. The van der Waals surface area contributed by atoms with E-state index >= 15 is 0 Å². The normalized spacial score (nSPS) is 11.9. The fraction of sp³-hybridized carbons (Fsp3) is 0.259. The summed E-state index contributed by atoms with van der Waals surface area (Å²) in [5.41, 5.74) is 18.6. The zero-order valence-electron chi connectivity index (χ0n) is 23.2. The van der Waals surface area contributed by atoms with Crippen LogP contribution in [0.5, 0.6) is 5.75 Å². The Hall–Kier alpha value is -5.36. The summed E-state index contributed by atoms with van der Waals surface area (Å²) in [4.78, 5) is 49.7. The SMILES string of the molecule is COc1ccc(-c2c(C#N)c(N)nc3sc(C(N)=O)c(N)c23)cc1NC(=O)C(Cc1c[nH]cn1)NC(=O)OC(C)(C)C. The Morgan fingerprint density at radius 1 is 1.24 bits per heavy atom. The molecule has 1 unspecified atom stereocenters. The number of ether oxygens (including phenoxy) is 2. The number of fused-ring (bicyclic) bond motifs is 1. The second-order valence-electron chi connectivity index (χ2n) is 10.1. The molecule has 0 fully saturated rings. The number of imidazole rings is 1. The average molecular weight is 592 g/mol. The van der Waals surface area contributed by atoms with Gasteiger partial charge in [-0.25, -0.2) is 14.8 Å². The Labute approximate surface area is 244 Å². The molecule has 1 aromatic carbocycles. The summed E-state index contributed by atoms with van der Waals surface area (Å²) in [7, 11) is 1.42. The summed E-state index contributed by atoms with van der Waals surface area (Å²) in [6, 6.07) is 5.75.